The Morgan fingerprint density at radius 1 is 1.12 bits per heavy atom. The van der Waals surface area contributed by atoms with Crippen molar-refractivity contribution in [2.45, 2.75) is 17.3 Å². The number of hydrogen-bond donors (Lipinski definition) is 1. The molecule has 0 aliphatic carbocycles. The van der Waals surface area contributed by atoms with Crippen LogP contribution < -0.4 is 0 Å². The van der Waals surface area contributed by atoms with Crippen molar-refractivity contribution in [2.75, 3.05) is 0 Å². The van der Waals surface area contributed by atoms with Gasteiger partial charge in [0, 0.05) is 11.1 Å². The average molecular weight is 232 g/mol. The molecule has 1 aromatic heterocycles. The van der Waals surface area contributed by atoms with E-state index in [1.807, 2.05) is 18.2 Å². The molecule has 1 N–H and O–H groups in total. The molecule has 0 fully saturated rings. The largest absolute Gasteiger partial charge is 0.390 e. The van der Waals surface area contributed by atoms with E-state index in [2.05, 4.69) is 22.1 Å². The Balaban J connectivity index is 1.99. The first kappa shape index (κ1) is 11.1. The summed E-state index contributed by atoms with van der Waals surface area (Å²) in [4.78, 5) is 9.58. The van der Waals surface area contributed by atoms with Gasteiger partial charge in [0.25, 0.3) is 0 Å². The first-order chi connectivity index (χ1) is 7.88. The van der Waals surface area contributed by atoms with Crippen LogP contribution in [0.1, 0.15) is 11.5 Å². The van der Waals surface area contributed by atoms with Crippen LogP contribution >= 0.6 is 11.8 Å². The molecule has 0 radical (unpaired) electrons. The predicted octanol–water partition coefficient (Wildman–Crippen LogP) is 2.26. The highest BCUT2D eigenvalue weighted by molar-refractivity contribution is 7.98. The average Bonchev–Trinajstić information content (AvgIpc) is 2.38. The summed E-state index contributed by atoms with van der Waals surface area (Å²) in [5, 5.41) is 8.95. The van der Waals surface area contributed by atoms with Crippen molar-refractivity contribution in [3.8, 4) is 0 Å². The van der Waals surface area contributed by atoms with Gasteiger partial charge in [-0.05, 0) is 18.2 Å². The highest BCUT2D eigenvalue weighted by Gasteiger charge is 1.99. The lowest BCUT2D eigenvalue weighted by Gasteiger charge is -2.01. The number of aliphatic hydroxyl groups excluding tert-OH is 1. The van der Waals surface area contributed by atoms with Crippen molar-refractivity contribution in [3.05, 3.63) is 54.1 Å². The van der Waals surface area contributed by atoms with Crippen LogP contribution in [-0.2, 0) is 12.4 Å². The van der Waals surface area contributed by atoms with Gasteiger partial charge in [-0.1, -0.05) is 18.2 Å². The van der Waals surface area contributed by atoms with E-state index in [1.165, 1.54) is 4.90 Å². The maximum absolute atomic E-state index is 8.95. The molecule has 0 atom stereocenters. The van der Waals surface area contributed by atoms with Gasteiger partial charge < -0.3 is 5.11 Å². The molecule has 2 aromatic rings. The van der Waals surface area contributed by atoms with Crippen molar-refractivity contribution in [1.29, 1.82) is 0 Å². The zero-order chi connectivity index (χ0) is 11.2. The van der Waals surface area contributed by atoms with Gasteiger partial charge in [-0.2, -0.15) is 0 Å². The minimum absolute atomic E-state index is 0.0362. The molecule has 0 spiro atoms. The third-order valence-corrected chi connectivity index (χ3v) is 3.04. The fourth-order valence-corrected chi connectivity index (χ4v) is 2.05. The minimum Gasteiger partial charge on any atom is -0.390 e. The van der Waals surface area contributed by atoms with Gasteiger partial charge in [-0.3, -0.25) is 0 Å². The van der Waals surface area contributed by atoms with E-state index in [0.717, 1.165) is 11.6 Å². The van der Waals surface area contributed by atoms with Crippen LogP contribution in [0.4, 0.5) is 0 Å². The summed E-state index contributed by atoms with van der Waals surface area (Å²) < 4.78 is 0. The molecule has 2 rings (SSSR count). The van der Waals surface area contributed by atoms with Gasteiger partial charge in [-0.15, -0.1) is 11.8 Å². The Morgan fingerprint density at radius 2 is 1.94 bits per heavy atom. The van der Waals surface area contributed by atoms with E-state index < -0.39 is 0 Å². The number of thioether (sulfide) groups is 1. The van der Waals surface area contributed by atoms with Crippen molar-refractivity contribution < 1.29 is 5.11 Å². The number of aromatic nitrogens is 2. The lowest BCUT2D eigenvalue weighted by Crippen LogP contribution is -1.96. The molecule has 0 aliphatic rings. The highest BCUT2D eigenvalue weighted by Crippen LogP contribution is 2.20. The van der Waals surface area contributed by atoms with E-state index >= 15 is 0 Å². The Kier molecular flexibility index (Phi) is 3.91. The third-order valence-electron chi connectivity index (χ3n) is 2.04. The Bertz CT molecular complexity index is 448. The molecule has 0 saturated carbocycles. The monoisotopic (exact) mass is 232 g/mol. The number of benzene rings is 1. The zero-order valence-corrected chi connectivity index (χ0v) is 9.52. The number of aliphatic hydroxyl groups is 1. The fraction of sp³-hybridized carbons (Fsp3) is 0.167. The van der Waals surface area contributed by atoms with Gasteiger partial charge in [0.05, 0.1) is 18.1 Å². The van der Waals surface area contributed by atoms with Crippen molar-refractivity contribution in [1.82, 2.24) is 9.97 Å². The molecule has 0 amide bonds. The van der Waals surface area contributed by atoms with Crippen LogP contribution in [0.2, 0.25) is 0 Å². The predicted molar refractivity (Wildman–Crippen MR) is 64.0 cm³/mol. The van der Waals surface area contributed by atoms with Crippen molar-refractivity contribution in [3.63, 3.8) is 0 Å². The van der Waals surface area contributed by atoms with Crippen LogP contribution in [-0.4, -0.2) is 15.1 Å². The lowest BCUT2D eigenvalue weighted by molar-refractivity contribution is 0.276. The zero-order valence-electron chi connectivity index (χ0n) is 8.71. The number of hydrogen-bond acceptors (Lipinski definition) is 4. The van der Waals surface area contributed by atoms with Gasteiger partial charge in [0.1, 0.15) is 5.82 Å². The SMILES string of the molecule is OCc1ccnc(CSc2ccccc2)n1. The minimum atomic E-state index is -0.0362. The Hall–Kier alpha value is -1.39. The van der Waals surface area contributed by atoms with Gasteiger partial charge >= 0.3 is 0 Å². The van der Waals surface area contributed by atoms with E-state index in [1.54, 1.807) is 24.0 Å². The van der Waals surface area contributed by atoms with Crippen molar-refractivity contribution >= 4 is 11.8 Å². The maximum atomic E-state index is 8.95. The summed E-state index contributed by atoms with van der Waals surface area (Å²) in [7, 11) is 0. The van der Waals surface area contributed by atoms with E-state index in [0.29, 0.717) is 5.69 Å². The van der Waals surface area contributed by atoms with E-state index in [4.69, 9.17) is 5.11 Å². The lowest BCUT2D eigenvalue weighted by atomic mass is 10.4. The molecule has 3 nitrogen and oxygen atoms in total. The third kappa shape index (κ3) is 3.05. The molecule has 0 saturated heterocycles. The molecule has 1 aromatic carbocycles. The Morgan fingerprint density at radius 3 is 2.69 bits per heavy atom. The summed E-state index contributed by atoms with van der Waals surface area (Å²) in [6.07, 6.45) is 1.68. The molecule has 0 unspecified atom stereocenters. The van der Waals surface area contributed by atoms with Gasteiger partial charge in [-0.25, -0.2) is 9.97 Å². The maximum Gasteiger partial charge on any atom is 0.138 e. The van der Waals surface area contributed by atoms with Gasteiger partial charge in [0.2, 0.25) is 0 Å². The standard InChI is InChI=1S/C12H12N2OS/c15-8-10-6-7-13-12(14-10)9-16-11-4-2-1-3-5-11/h1-7,15H,8-9H2. The Labute approximate surface area is 98.6 Å². The van der Waals surface area contributed by atoms with Crippen LogP contribution in [0.5, 0.6) is 0 Å². The van der Waals surface area contributed by atoms with Crippen LogP contribution in [0.25, 0.3) is 0 Å². The van der Waals surface area contributed by atoms with Crippen LogP contribution in [0.15, 0.2) is 47.5 Å². The second-order valence-electron chi connectivity index (χ2n) is 3.22. The second-order valence-corrected chi connectivity index (χ2v) is 4.27. The highest BCUT2D eigenvalue weighted by atomic mass is 32.2. The molecular weight excluding hydrogens is 220 g/mol. The summed E-state index contributed by atoms with van der Waals surface area (Å²) in [6.45, 7) is -0.0362. The van der Waals surface area contributed by atoms with Gasteiger partial charge in [0.15, 0.2) is 0 Å². The fourth-order valence-electron chi connectivity index (χ4n) is 1.26. The molecule has 0 aliphatic heterocycles. The molecule has 4 heteroatoms. The number of rotatable bonds is 4. The summed E-state index contributed by atoms with van der Waals surface area (Å²) in [5.41, 5.74) is 0.665. The van der Waals surface area contributed by atoms with E-state index in [-0.39, 0.29) is 6.61 Å². The normalized spacial score (nSPS) is 10.3. The molecule has 16 heavy (non-hydrogen) atoms. The first-order valence-corrected chi connectivity index (χ1v) is 5.96. The summed E-state index contributed by atoms with van der Waals surface area (Å²) in [5.74, 6) is 1.47. The molecule has 0 bridgehead atoms. The quantitative estimate of drug-likeness (QED) is 0.821. The van der Waals surface area contributed by atoms with Crippen molar-refractivity contribution in [2.24, 2.45) is 0 Å². The topological polar surface area (TPSA) is 46.0 Å². The summed E-state index contributed by atoms with van der Waals surface area (Å²) in [6, 6.07) is 11.8. The van der Waals surface area contributed by atoms with Crippen LogP contribution in [0.3, 0.4) is 0 Å². The summed E-state index contributed by atoms with van der Waals surface area (Å²) >= 11 is 1.69. The molecule has 82 valence electrons. The van der Waals surface area contributed by atoms with Crippen LogP contribution in [0, 0.1) is 0 Å². The second kappa shape index (κ2) is 5.63. The molecule has 1 heterocycles. The first-order valence-electron chi connectivity index (χ1n) is 4.98. The van der Waals surface area contributed by atoms with E-state index in [9.17, 15) is 0 Å². The molecular formula is C12H12N2OS. The smallest absolute Gasteiger partial charge is 0.138 e. The number of nitrogens with zero attached hydrogens (tertiary/aromatic N) is 2.